The van der Waals surface area contributed by atoms with Crippen LogP contribution in [0.25, 0.3) is 0 Å². The van der Waals surface area contributed by atoms with Gasteiger partial charge in [-0.05, 0) is 17.7 Å². The molecule has 9 heteroatoms. The number of benzene rings is 1. The molecule has 3 rings (SSSR count). The van der Waals surface area contributed by atoms with Crippen LogP contribution in [-0.2, 0) is 25.6 Å². The third kappa shape index (κ3) is 5.43. The predicted octanol–water partition coefficient (Wildman–Crippen LogP) is 0.414. The summed E-state index contributed by atoms with van der Waals surface area (Å²) in [7, 11) is 0. The van der Waals surface area contributed by atoms with Gasteiger partial charge in [0, 0.05) is 38.8 Å². The van der Waals surface area contributed by atoms with Gasteiger partial charge >= 0.3 is 6.09 Å². The SMILES string of the molecule is CC(=O)Nc1ccc(CN2C(=O)OC[C@H]2C(=O)NCCN2CCOCC2)cc1. The van der Waals surface area contributed by atoms with E-state index in [1.807, 2.05) is 12.1 Å². The van der Waals surface area contributed by atoms with E-state index in [2.05, 4.69) is 15.5 Å². The molecule has 2 N–H and O–H groups in total. The summed E-state index contributed by atoms with van der Waals surface area (Å²) in [5.74, 6) is -0.362. The first-order valence-corrected chi connectivity index (χ1v) is 9.40. The molecule has 2 aliphatic heterocycles. The second-order valence-electron chi connectivity index (χ2n) is 6.84. The molecule has 0 aliphatic carbocycles. The van der Waals surface area contributed by atoms with E-state index in [-0.39, 0.29) is 25.0 Å². The van der Waals surface area contributed by atoms with Crippen molar-refractivity contribution in [3.05, 3.63) is 29.8 Å². The van der Waals surface area contributed by atoms with E-state index in [1.165, 1.54) is 11.8 Å². The Labute approximate surface area is 163 Å². The average Bonchev–Trinajstić information content (AvgIpc) is 3.04. The molecule has 3 amide bonds. The maximum atomic E-state index is 12.5. The largest absolute Gasteiger partial charge is 0.447 e. The molecule has 0 saturated carbocycles. The van der Waals surface area contributed by atoms with Crippen LogP contribution < -0.4 is 10.6 Å². The lowest BCUT2D eigenvalue weighted by atomic mass is 10.1. The second kappa shape index (κ2) is 9.52. The molecule has 152 valence electrons. The molecular weight excluding hydrogens is 364 g/mol. The predicted molar refractivity (Wildman–Crippen MR) is 102 cm³/mol. The molecular formula is C19H26N4O5. The van der Waals surface area contributed by atoms with E-state index in [0.29, 0.717) is 25.4 Å². The van der Waals surface area contributed by atoms with Gasteiger partial charge in [0.05, 0.1) is 19.8 Å². The molecule has 2 aliphatic rings. The molecule has 0 bridgehead atoms. The van der Waals surface area contributed by atoms with E-state index >= 15 is 0 Å². The third-order valence-electron chi connectivity index (χ3n) is 4.74. The number of nitrogens with zero attached hydrogens (tertiary/aromatic N) is 2. The molecule has 2 fully saturated rings. The van der Waals surface area contributed by atoms with E-state index in [9.17, 15) is 14.4 Å². The highest BCUT2D eigenvalue weighted by atomic mass is 16.6. The first-order chi connectivity index (χ1) is 13.5. The Balaban J connectivity index is 1.51. The second-order valence-corrected chi connectivity index (χ2v) is 6.84. The first-order valence-electron chi connectivity index (χ1n) is 9.40. The van der Waals surface area contributed by atoms with Gasteiger partial charge < -0.3 is 20.1 Å². The summed E-state index contributed by atoms with van der Waals surface area (Å²) in [6.45, 7) is 6.18. The molecule has 0 spiro atoms. The van der Waals surface area contributed by atoms with Crippen molar-refractivity contribution in [2.75, 3.05) is 51.3 Å². The van der Waals surface area contributed by atoms with E-state index < -0.39 is 12.1 Å². The van der Waals surface area contributed by atoms with Gasteiger partial charge in [-0.3, -0.25) is 19.4 Å². The Morgan fingerprint density at radius 1 is 1.18 bits per heavy atom. The van der Waals surface area contributed by atoms with Crippen molar-refractivity contribution in [3.8, 4) is 0 Å². The zero-order chi connectivity index (χ0) is 19.9. The molecule has 0 radical (unpaired) electrons. The van der Waals surface area contributed by atoms with Gasteiger partial charge in [-0.25, -0.2) is 4.79 Å². The smallest absolute Gasteiger partial charge is 0.410 e. The van der Waals surface area contributed by atoms with Crippen LogP contribution in [0.1, 0.15) is 12.5 Å². The Kier molecular flexibility index (Phi) is 6.83. The van der Waals surface area contributed by atoms with Gasteiger partial charge in [0.2, 0.25) is 11.8 Å². The van der Waals surface area contributed by atoms with Crippen molar-refractivity contribution in [3.63, 3.8) is 0 Å². The summed E-state index contributed by atoms with van der Waals surface area (Å²) < 4.78 is 10.4. The molecule has 9 nitrogen and oxygen atoms in total. The molecule has 1 atom stereocenters. The van der Waals surface area contributed by atoms with Crippen molar-refractivity contribution in [2.24, 2.45) is 0 Å². The van der Waals surface area contributed by atoms with Crippen LogP contribution in [0.3, 0.4) is 0 Å². The number of nitrogens with one attached hydrogen (secondary N) is 2. The third-order valence-corrected chi connectivity index (χ3v) is 4.74. The summed E-state index contributed by atoms with van der Waals surface area (Å²) in [6.07, 6.45) is -0.501. The number of carbonyl (C=O) groups is 3. The minimum Gasteiger partial charge on any atom is -0.447 e. The zero-order valence-electron chi connectivity index (χ0n) is 16.0. The fraction of sp³-hybridized carbons (Fsp3) is 0.526. The summed E-state index contributed by atoms with van der Waals surface area (Å²) in [4.78, 5) is 39.4. The summed E-state index contributed by atoms with van der Waals surface area (Å²) in [5.41, 5.74) is 1.52. The standard InChI is InChI=1S/C19H26N4O5/c1-14(24)21-16-4-2-15(3-5-16)12-23-17(13-28-19(23)26)18(25)20-6-7-22-8-10-27-11-9-22/h2-5,17H,6-13H2,1H3,(H,20,25)(H,21,24)/t17-/m0/s1. The number of carbonyl (C=O) groups excluding carboxylic acids is 3. The van der Waals surface area contributed by atoms with E-state index in [0.717, 1.165) is 25.2 Å². The van der Waals surface area contributed by atoms with Gasteiger partial charge in [-0.1, -0.05) is 12.1 Å². The highest BCUT2D eigenvalue weighted by molar-refractivity contribution is 5.89. The van der Waals surface area contributed by atoms with Gasteiger partial charge in [-0.15, -0.1) is 0 Å². The fourth-order valence-corrected chi connectivity index (χ4v) is 3.22. The van der Waals surface area contributed by atoms with Crippen LogP contribution in [0.15, 0.2) is 24.3 Å². The number of rotatable bonds is 7. The summed E-state index contributed by atoms with van der Waals surface area (Å²) in [6, 6.07) is 6.49. The molecule has 0 aromatic heterocycles. The molecule has 2 heterocycles. The maximum absolute atomic E-state index is 12.5. The Morgan fingerprint density at radius 2 is 1.89 bits per heavy atom. The van der Waals surface area contributed by atoms with Crippen LogP contribution in [-0.4, -0.2) is 79.7 Å². The summed E-state index contributed by atoms with van der Waals surface area (Å²) in [5, 5.41) is 5.59. The van der Waals surface area contributed by atoms with Crippen LogP contribution in [0.5, 0.6) is 0 Å². The number of anilines is 1. The topological polar surface area (TPSA) is 100 Å². The fourth-order valence-electron chi connectivity index (χ4n) is 3.22. The van der Waals surface area contributed by atoms with Gasteiger partial charge in [0.25, 0.3) is 0 Å². The highest BCUT2D eigenvalue weighted by Crippen LogP contribution is 2.18. The minimum absolute atomic E-state index is 0.0478. The Bertz CT molecular complexity index is 703. The van der Waals surface area contributed by atoms with E-state index in [4.69, 9.17) is 9.47 Å². The van der Waals surface area contributed by atoms with Crippen LogP contribution in [0.4, 0.5) is 10.5 Å². The molecule has 0 unspecified atom stereocenters. The maximum Gasteiger partial charge on any atom is 0.410 e. The van der Waals surface area contributed by atoms with Crippen LogP contribution in [0, 0.1) is 0 Å². The number of ether oxygens (including phenoxy) is 2. The monoisotopic (exact) mass is 390 g/mol. The van der Waals surface area contributed by atoms with Crippen LogP contribution >= 0.6 is 0 Å². The quantitative estimate of drug-likeness (QED) is 0.700. The lowest BCUT2D eigenvalue weighted by Crippen LogP contribution is -2.48. The highest BCUT2D eigenvalue weighted by Gasteiger charge is 2.37. The van der Waals surface area contributed by atoms with E-state index in [1.54, 1.807) is 12.1 Å². The number of cyclic esters (lactones) is 1. The van der Waals surface area contributed by atoms with Gasteiger partial charge in [-0.2, -0.15) is 0 Å². The molecule has 1 aromatic carbocycles. The molecule has 1 aromatic rings. The number of amides is 3. The number of morpholine rings is 1. The Hall–Kier alpha value is -2.65. The molecule has 2 saturated heterocycles. The number of hydrogen-bond acceptors (Lipinski definition) is 6. The Morgan fingerprint density at radius 3 is 2.57 bits per heavy atom. The average molecular weight is 390 g/mol. The van der Waals surface area contributed by atoms with Crippen molar-refractivity contribution in [1.29, 1.82) is 0 Å². The van der Waals surface area contributed by atoms with Crippen LogP contribution in [0.2, 0.25) is 0 Å². The van der Waals surface area contributed by atoms with Crippen molar-refractivity contribution in [1.82, 2.24) is 15.1 Å². The molecule has 28 heavy (non-hydrogen) atoms. The van der Waals surface area contributed by atoms with Crippen molar-refractivity contribution < 1.29 is 23.9 Å². The number of hydrogen-bond donors (Lipinski definition) is 2. The minimum atomic E-state index is -0.646. The first kappa shape index (κ1) is 20.1. The lowest BCUT2D eigenvalue weighted by molar-refractivity contribution is -0.125. The zero-order valence-corrected chi connectivity index (χ0v) is 16.0. The van der Waals surface area contributed by atoms with Crippen molar-refractivity contribution in [2.45, 2.75) is 19.5 Å². The van der Waals surface area contributed by atoms with Crippen molar-refractivity contribution >= 4 is 23.6 Å². The van der Waals surface area contributed by atoms with Gasteiger partial charge in [0.1, 0.15) is 12.6 Å². The van der Waals surface area contributed by atoms with Gasteiger partial charge in [0.15, 0.2) is 0 Å². The normalized spacial score (nSPS) is 20.0. The lowest BCUT2D eigenvalue weighted by Gasteiger charge is -2.27. The summed E-state index contributed by atoms with van der Waals surface area (Å²) >= 11 is 0.